The molecular weight excluding hydrogens is 306 g/mol. The number of hydrogen-bond acceptors (Lipinski definition) is 5. The van der Waals surface area contributed by atoms with Gasteiger partial charge < -0.3 is 19.8 Å². The van der Waals surface area contributed by atoms with Gasteiger partial charge >= 0.3 is 0 Å². The summed E-state index contributed by atoms with van der Waals surface area (Å²) < 4.78 is 5.30. The largest absolute Gasteiger partial charge is 0.374 e. The lowest BCUT2D eigenvalue weighted by molar-refractivity contribution is -0.117. The number of aliphatic hydroxyl groups is 1. The first-order valence-electron chi connectivity index (χ1n) is 8.16. The summed E-state index contributed by atoms with van der Waals surface area (Å²) in [5.41, 5.74) is 0.661. The maximum Gasteiger partial charge on any atom is 0.248 e. The van der Waals surface area contributed by atoms with Crippen molar-refractivity contribution in [1.82, 2.24) is 5.16 Å². The molecule has 2 aromatic rings. The van der Waals surface area contributed by atoms with E-state index in [2.05, 4.69) is 10.5 Å². The minimum absolute atomic E-state index is 0.171. The molecule has 2 heterocycles. The quantitative estimate of drug-likeness (QED) is 0.905. The van der Waals surface area contributed by atoms with Crippen molar-refractivity contribution in [2.24, 2.45) is 0 Å². The highest BCUT2D eigenvalue weighted by Gasteiger charge is 2.37. The van der Waals surface area contributed by atoms with Gasteiger partial charge in [-0.2, -0.15) is 0 Å². The summed E-state index contributed by atoms with van der Waals surface area (Å²) in [7, 11) is 0. The fourth-order valence-corrected chi connectivity index (χ4v) is 2.90. The number of para-hydroxylation sites is 1. The number of carbonyl (C=O) groups excluding carboxylic acids is 1. The Kier molecular flexibility index (Phi) is 4.32. The van der Waals surface area contributed by atoms with Crippen LogP contribution in [0.5, 0.6) is 0 Å². The monoisotopic (exact) mass is 329 g/mol. The van der Waals surface area contributed by atoms with Crippen molar-refractivity contribution < 1.29 is 14.4 Å². The number of aromatic nitrogens is 1. The van der Waals surface area contributed by atoms with Crippen LogP contribution in [0.2, 0.25) is 0 Å². The van der Waals surface area contributed by atoms with Crippen LogP contribution < -0.4 is 10.2 Å². The summed E-state index contributed by atoms with van der Waals surface area (Å²) >= 11 is 0. The van der Waals surface area contributed by atoms with Crippen LogP contribution in [-0.4, -0.2) is 28.4 Å². The van der Waals surface area contributed by atoms with Gasteiger partial charge in [-0.05, 0) is 25.0 Å². The van der Waals surface area contributed by atoms with Gasteiger partial charge in [-0.15, -0.1) is 0 Å². The molecule has 1 saturated heterocycles. The average molecular weight is 329 g/mol. The number of rotatable bonds is 3. The highest BCUT2D eigenvalue weighted by molar-refractivity contribution is 5.96. The molecule has 1 aromatic heterocycles. The zero-order valence-corrected chi connectivity index (χ0v) is 14.2. The molecule has 1 fully saturated rings. The van der Waals surface area contributed by atoms with Crippen molar-refractivity contribution in [2.45, 2.75) is 51.3 Å². The maximum atomic E-state index is 12.7. The number of benzene rings is 1. The van der Waals surface area contributed by atoms with E-state index in [9.17, 15) is 9.90 Å². The molecule has 6 nitrogen and oxygen atoms in total. The van der Waals surface area contributed by atoms with Gasteiger partial charge in [0.25, 0.3) is 0 Å². The van der Waals surface area contributed by atoms with Gasteiger partial charge in [-0.1, -0.05) is 44.1 Å². The third-order valence-corrected chi connectivity index (χ3v) is 4.21. The van der Waals surface area contributed by atoms with Crippen molar-refractivity contribution in [3.63, 3.8) is 0 Å². The van der Waals surface area contributed by atoms with Crippen molar-refractivity contribution in [2.75, 3.05) is 10.2 Å². The summed E-state index contributed by atoms with van der Waals surface area (Å²) in [6.45, 7) is 6.05. The highest BCUT2D eigenvalue weighted by atomic mass is 16.5. The lowest BCUT2D eigenvalue weighted by Gasteiger charge is -2.28. The lowest BCUT2D eigenvalue weighted by atomic mass is 9.93. The van der Waals surface area contributed by atoms with Crippen LogP contribution >= 0.6 is 0 Å². The van der Waals surface area contributed by atoms with Gasteiger partial charge in [0.1, 0.15) is 18.0 Å². The van der Waals surface area contributed by atoms with E-state index in [4.69, 9.17) is 4.52 Å². The number of nitrogens with zero attached hydrogens (tertiary/aromatic N) is 2. The van der Waals surface area contributed by atoms with Crippen LogP contribution in [0.25, 0.3) is 0 Å². The molecule has 2 unspecified atom stereocenters. The van der Waals surface area contributed by atoms with Gasteiger partial charge in [0.05, 0.1) is 0 Å². The molecule has 0 radical (unpaired) electrons. The van der Waals surface area contributed by atoms with E-state index in [1.165, 1.54) is 0 Å². The Hall–Kier alpha value is -2.34. The maximum absolute atomic E-state index is 12.7. The van der Waals surface area contributed by atoms with Gasteiger partial charge in [0.15, 0.2) is 5.82 Å². The summed E-state index contributed by atoms with van der Waals surface area (Å²) in [6, 6.07) is 10.8. The van der Waals surface area contributed by atoms with Crippen LogP contribution in [0.15, 0.2) is 40.9 Å². The molecular formula is C18H23N3O3. The van der Waals surface area contributed by atoms with Gasteiger partial charge in [-0.3, -0.25) is 4.79 Å². The van der Waals surface area contributed by atoms with Gasteiger partial charge in [0.2, 0.25) is 5.91 Å². The van der Waals surface area contributed by atoms with E-state index >= 15 is 0 Å². The minimum atomic E-state index is -0.661. The fraction of sp³-hybridized carbons (Fsp3) is 0.444. The molecule has 24 heavy (non-hydrogen) atoms. The first-order chi connectivity index (χ1) is 11.4. The molecule has 1 amide bonds. The molecule has 1 aliphatic heterocycles. The number of hydrogen-bond donors (Lipinski definition) is 2. The van der Waals surface area contributed by atoms with E-state index in [-0.39, 0.29) is 11.3 Å². The van der Waals surface area contributed by atoms with E-state index in [0.717, 1.165) is 5.69 Å². The Labute approximate surface area is 141 Å². The van der Waals surface area contributed by atoms with Crippen molar-refractivity contribution in [3.8, 4) is 0 Å². The number of aliphatic hydroxyl groups excluding tert-OH is 1. The first-order valence-corrected chi connectivity index (χ1v) is 8.16. The van der Waals surface area contributed by atoms with E-state index in [1.807, 2.05) is 51.1 Å². The molecule has 3 rings (SSSR count). The molecule has 2 atom stereocenters. The normalized spacial score (nSPS) is 21.1. The highest BCUT2D eigenvalue weighted by Crippen LogP contribution is 2.30. The third-order valence-electron chi connectivity index (χ3n) is 4.21. The van der Waals surface area contributed by atoms with Gasteiger partial charge in [0, 0.05) is 17.2 Å². The second-order valence-corrected chi connectivity index (χ2v) is 7.13. The smallest absolute Gasteiger partial charge is 0.248 e. The number of amides is 1. The summed E-state index contributed by atoms with van der Waals surface area (Å²) in [5, 5.41) is 17.0. The van der Waals surface area contributed by atoms with Crippen LogP contribution in [0.1, 0.15) is 39.4 Å². The Morgan fingerprint density at radius 3 is 2.62 bits per heavy atom. The molecule has 128 valence electrons. The molecule has 1 aliphatic rings. The van der Waals surface area contributed by atoms with Gasteiger partial charge in [-0.25, -0.2) is 0 Å². The van der Waals surface area contributed by atoms with Crippen LogP contribution in [0.3, 0.4) is 0 Å². The van der Waals surface area contributed by atoms with Crippen molar-refractivity contribution in [3.05, 3.63) is 42.2 Å². The summed E-state index contributed by atoms with van der Waals surface area (Å²) in [5.74, 6) is 0.924. The average Bonchev–Trinajstić information content (AvgIpc) is 3.14. The predicted octanol–water partition coefficient (Wildman–Crippen LogP) is 2.90. The Balaban J connectivity index is 1.75. The third kappa shape index (κ3) is 3.28. The fourth-order valence-electron chi connectivity index (χ4n) is 2.90. The van der Waals surface area contributed by atoms with E-state index in [1.54, 1.807) is 11.0 Å². The zero-order chi connectivity index (χ0) is 17.3. The van der Waals surface area contributed by atoms with Crippen molar-refractivity contribution in [1.29, 1.82) is 0 Å². The minimum Gasteiger partial charge on any atom is -0.374 e. The molecule has 0 aliphatic carbocycles. The molecule has 0 saturated carbocycles. The van der Waals surface area contributed by atoms with Crippen LogP contribution in [0, 0.1) is 0 Å². The second-order valence-electron chi connectivity index (χ2n) is 7.13. The standard InChI is InChI=1S/C18H23N3O3/c1-18(2,3)14-11-15(20-24-14)19-17(23)13-9-10-16(22)21(13)12-7-5-4-6-8-12/h4-8,11,13,16,22H,9-10H2,1-3H3,(H,19,20,23). The summed E-state index contributed by atoms with van der Waals surface area (Å²) in [4.78, 5) is 14.4. The summed E-state index contributed by atoms with van der Waals surface area (Å²) in [6.07, 6.45) is 0.482. The zero-order valence-electron chi connectivity index (χ0n) is 14.2. The molecule has 1 aromatic carbocycles. The SMILES string of the molecule is CC(C)(C)c1cc(NC(=O)C2CCC(O)N2c2ccccc2)no1. The number of nitrogens with one attached hydrogen (secondary N) is 1. The van der Waals surface area contributed by atoms with Crippen LogP contribution in [0.4, 0.5) is 11.5 Å². The Morgan fingerprint density at radius 1 is 1.29 bits per heavy atom. The Morgan fingerprint density at radius 2 is 2.00 bits per heavy atom. The van der Waals surface area contributed by atoms with E-state index in [0.29, 0.717) is 24.4 Å². The number of carbonyl (C=O) groups is 1. The number of anilines is 2. The topological polar surface area (TPSA) is 78.6 Å². The predicted molar refractivity (Wildman–Crippen MR) is 91.8 cm³/mol. The molecule has 6 heteroatoms. The van der Waals surface area contributed by atoms with E-state index < -0.39 is 12.3 Å². The van der Waals surface area contributed by atoms with Crippen molar-refractivity contribution >= 4 is 17.4 Å². The van der Waals surface area contributed by atoms with Crippen LogP contribution in [-0.2, 0) is 10.2 Å². The molecule has 2 N–H and O–H groups in total. The molecule has 0 spiro atoms. The first kappa shape index (κ1) is 16.5. The second kappa shape index (κ2) is 6.28. The Bertz CT molecular complexity index is 706. The lowest BCUT2D eigenvalue weighted by Crippen LogP contribution is -2.43. The molecule has 0 bridgehead atoms.